The number of benzene rings is 1. The Hall–Kier alpha value is -2.13. The third-order valence-corrected chi connectivity index (χ3v) is 4.40. The molecule has 2 rings (SSSR count). The molecule has 9 heteroatoms. The maximum atomic E-state index is 12.4. The maximum Gasteiger partial charge on any atom is 0.338 e. The summed E-state index contributed by atoms with van der Waals surface area (Å²) in [7, 11) is 1.46. The predicted octanol–water partition coefficient (Wildman–Crippen LogP) is 2.74. The van der Waals surface area contributed by atoms with E-state index < -0.39 is 18.0 Å². The van der Waals surface area contributed by atoms with Crippen molar-refractivity contribution in [3.63, 3.8) is 0 Å². The van der Waals surface area contributed by atoms with Crippen LogP contribution < -0.4 is 20.1 Å². The number of nitrogens with one attached hydrogen (secondary N) is 2. The summed E-state index contributed by atoms with van der Waals surface area (Å²) in [5, 5.41) is 6.39. The second-order valence-electron chi connectivity index (χ2n) is 5.42. The number of carbonyl (C=O) groups excluding carboxylic acids is 2. The smallest absolute Gasteiger partial charge is 0.338 e. The minimum atomic E-state index is -0.542. The van der Waals surface area contributed by atoms with Crippen LogP contribution in [0.4, 0.5) is 0 Å². The van der Waals surface area contributed by atoms with E-state index in [1.54, 1.807) is 26.0 Å². The molecule has 0 saturated carbocycles. The zero-order valence-corrected chi connectivity index (χ0v) is 17.2. The van der Waals surface area contributed by atoms with Gasteiger partial charge in [0.15, 0.2) is 16.6 Å². The van der Waals surface area contributed by atoms with Crippen LogP contribution in [0.25, 0.3) is 0 Å². The Bertz CT molecular complexity index is 794. The summed E-state index contributed by atoms with van der Waals surface area (Å²) in [5.74, 6) is -0.312. The van der Waals surface area contributed by atoms with Gasteiger partial charge in [-0.25, -0.2) is 4.79 Å². The van der Waals surface area contributed by atoms with Crippen LogP contribution in [0.5, 0.6) is 11.5 Å². The fraction of sp³-hybridized carbons (Fsp3) is 0.353. The monoisotopic (exact) mass is 442 g/mol. The van der Waals surface area contributed by atoms with Crippen LogP contribution in [0.2, 0.25) is 0 Å². The van der Waals surface area contributed by atoms with Crippen molar-refractivity contribution in [1.82, 2.24) is 10.6 Å². The van der Waals surface area contributed by atoms with Gasteiger partial charge in [-0.1, -0.05) is 0 Å². The molecule has 140 valence electrons. The van der Waals surface area contributed by atoms with Crippen LogP contribution in [0, 0.1) is 0 Å². The minimum Gasteiger partial charge on any atom is -0.493 e. The van der Waals surface area contributed by atoms with Crippen molar-refractivity contribution < 1.29 is 23.8 Å². The Morgan fingerprint density at radius 2 is 2.04 bits per heavy atom. The van der Waals surface area contributed by atoms with Gasteiger partial charge in [0.2, 0.25) is 0 Å². The summed E-state index contributed by atoms with van der Waals surface area (Å²) in [5.41, 5.74) is 1.71. The highest BCUT2D eigenvalue weighted by Gasteiger charge is 2.32. The quantitative estimate of drug-likeness (QED) is 0.408. The molecule has 0 saturated heterocycles. The third-order valence-electron chi connectivity index (χ3n) is 3.60. The van der Waals surface area contributed by atoms with E-state index in [2.05, 4.69) is 26.6 Å². The van der Waals surface area contributed by atoms with E-state index in [-0.39, 0.29) is 12.4 Å². The average Bonchev–Trinajstić information content (AvgIpc) is 2.55. The summed E-state index contributed by atoms with van der Waals surface area (Å²) in [6.07, 6.45) is 0. The molecule has 0 aromatic heterocycles. The summed E-state index contributed by atoms with van der Waals surface area (Å²) in [4.78, 5) is 23.7. The van der Waals surface area contributed by atoms with Crippen molar-refractivity contribution in [2.75, 3.05) is 13.7 Å². The standard InChI is InChI=1S/C17H19BrN2O5S/c1-5-24-16(22)13-8(2)19-17(26)20-14(13)10-6-11(18)15(25-9(3)21)12(7-10)23-4/h6-7,14H,5H2,1-4H3,(H2,19,20,26). The Labute approximate surface area is 165 Å². The van der Waals surface area contributed by atoms with Crippen LogP contribution in [0.3, 0.4) is 0 Å². The van der Waals surface area contributed by atoms with E-state index in [1.165, 1.54) is 14.0 Å². The predicted molar refractivity (Wildman–Crippen MR) is 103 cm³/mol. The van der Waals surface area contributed by atoms with E-state index in [0.29, 0.717) is 32.2 Å². The number of allylic oxidation sites excluding steroid dienone is 1. The largest absolute Gasteiger partial charge is 0.493 e. The fourth-order valence-electron chi connectivity index (χ4n) is 2.57. The number of halogens is 1. The molecule has 0 fully saturated rings. The Morgan fingerprint density at radius 1 is 1.35 bits per heavy atom. The summed E-state index contributed by atoms with van der Waals surface area (Å²) in [6, 6.07) is 2.87. The van der Waals surface area contributed by atoms with Gasteiger partial charge in [0.1, 0.15) is 0 Å². The van der Waals surface area contributed by atoms with Crippen molar-refractivity contribution in [2.45, 2.75) is 26.8 Å². The zero-order chi connectivity index (χ0) is 19.4. The lowest BCUT2D eigenvalue weighted by atomic mass is 9.95. The molecule has 2 N–H and O–H groups in total. The molecule has 1 aromatic carbocycles. The first-order chi connectivity index (χ1) is 12.3. The Balaban J connectivity index is 2.55. The molecule has 26 heavy (non-hydrogen) atoms. The lowest BCUT2D eigenvalue weighted by molar-refractivity contribution is -0.139. The molecular weight excluding hydrogens is 424 g/mol. The van der Waals surface area contributed by atoms with Gasteiger partial charge in [0.05, 0.1) is 29.8 Å². The number of thiocarbonyl (C=S) groups is 1. The molecular formula is C17H19BrN2O5S. The molecule has 7 nitrogen and oxygen atoms in total. The van der Waals surface area contributed by atoms with Crippen molar-refractivity contribution in [2.24, 2.45) is 0 Å². The summed E-state index contributed by atoms with van der Waals surface area (Å²) in [6.45, 7) is 5.05. The molecule has 0 amide bonds. The van der Waals surface area contributed by atoms with Gasteiger partial charge in [-0.15, -0.1) is 0 Å². The maximum absolute atomic E-state index is 12.4. The normalized spacial score (nSPS) is 16.5. The molecule has 1 atom stereocenters. The number of rotatable bonds is 5. The topological polar surface area (TPSA) is 85.9 Å². The first-order valence-electron chi connectivity index (χ1n) is 7.79. The second kappa shape index (κ2) is 8.50. The van der Waals surface area contributed by atoms with Crippen molar-refractivity contribution in [1.29, 1.82) is 0 Å². The molecule has 0 aliphatic carbocycles. The number of hydrogen-bond donors (Lipinski definition) is 2. The van der Waals surface area contributed by atoms with E-state index in [9.17, 15) is 9.59 Å². The lowest BCUT2D eigenvalue weighted by Gasteiger charge is -2.30. The minimum absolute atomic E-state index is 0.255. The Morgan fingerprint density at radius 3 is 2.62 bits per heavy atom. The van der Waals surface area contributed by atoms with Gasteiger partial charge in [0.25, 0.3) is 0 Å². The zero-order valence-electron chi connectivity index (χ0n) is 14.8. The van der Waals surface area contributed by atoms with Crippen molar-refractivity contribution in [3.8, 4) is 11.5 Å². The van der Waals surface area contributed by atoms with E-state index in [4.69, 9.17) is 26.4 Å². The molecule has 1 unspecified atom stereocenters. The van der Waals surface area contributed by atoms with Crippen LogP contribution in [0.1, 0.15) is 32.4 Å². The number of ether oxygens (including phenoxy) is 3. The van der Waals surface area contributed by atoms with Crippen LogP contribution >= 0.6 is 28.1 Å². The van der Waals surface area contributed by atoms with Gasteiger partial charge >= 0.3 is 11.9 Å². The summed E-state index contributed by atoms with van der Waals surface area (Å²) < 4.78 is 16.2. The molecule has 0 spiro atoms. The molecule has 1 aliphatic heterocycles. The van der Waals surface area contributed by atoms with Gasteiger partial charge < -0.3 is 24.8 Å². The fourth-order valence-corrected chi connectivity index (χ4v) is 3.38. The first kappa shape index (κ1) is 20.2. The molecule has 1 aliphatic rings. The van der Waals surface area contributed by atoms with Gasteiger partial charge in [-0.2, -0.15) is 0 Å². The third kappa shape index (κ3) is 4.34. The first-order valence-corrected chi connectivity index (χ1v) is 8.99. The number of methoxy groups -OCH3 is 1. The highest BCUT2D eigenvalue weighted by Crippen LogP contribution is 2.40. The van der Waals surface area contributed by atoms with Gasteiger partial charge in [0, 0.05) is 12.6 Å². The Kier molecular flexibility index (Phi) is 6.60. The van der Waals surface area contributed by atoms with Crippen LogP contribution in [-0.2, 0) is 14.3 Å². The molecule has 1 heterocycles. The number of carbonyl (C=O) groups is 2. The van der Waals surface area contributed by atoms with Gasteiger partial charge in [-0.3, -0.25) is 4.79 Å². The number of esters is 2. The molecule has 1 aromatic rings. The van der Waals surface area contributed by atoms with Crippen molar-refractivity contribution >= 4 is 45.2 Å². The van der Waals surface area contributed by atoms with E-state index in [0.717, 1.165) is 0 Å². The van der Waals surface area contributed by atoms with Crippen LogP contribution in [-0.4, -0.2) is 30.8 Å². The number of hydrogen-bond acceptors (Lipinski definition) is 6. The van der Waals surface area contributed by atoms with E-state index in [1.807, 2.05) is 0 Å². The molecule has 0 bridgehead atoms. The van der Waals surface area contributed by atoms with Crippen molar-refractivity contribution in [3.05, 3.63) is 33.4 Å². The average molecular weight is 443 g/mol. The highest BCUT2D eigenvalue weighted by molar-refractivity contribution is 9.10. The second-order valence-corrected chi connectivity index (χ2v) is 6.68. The lowest BCUT2D eigenvalue weighted by Crippen LogP contribution is -2.45. The van der Waals surface area contributed by atoms with E-state index >= 15 is 0 Å². The van der Waals surface area contributed by atoms with Crippen LogP contribution in [0.15, 0.2) is 27.9 Å². The molecule has 0 radical (unpaired) electrons. The SMILES string of the molecule is CCOC(=O)C1=C(C)NC(=S)NC1c1cc(Br)c(OC(C)=O)c(OC)c1. The van der Waals surface area contributed by atoms with Gasteiger partial charge in [-0.05, 0) is 59.7 Å². The summed E-state index contributed by atoms with van der Waals surface area (Å²) >= 11 is 8.61. The highest BCUT2D eigenvalue weighted by atomic mass is 79.9.